The van der Waals surface area contributed by atoms with Gasteiger partial charge in [-0.25, -0.2) is 4.79 Å². The smallest absolute Gasteiger partial charge is 0.328 e. The van der Waals surface area contributed by atoms with E-state index in [0.717, 1.165) is 18.8 Å². The third kappa shape index (κ3) is 5.34. The fraction of sp³-hybridized carbons (Fsp3) is 0.333. The number of H-pyrrole nitrogens is 1. The molecule has 4 rings (SSSR count). The molecule has 10 heteroatoms. The molecule has 0 bridgehead atoms. The molecule has 2 aromatic carbocycles. The number of aryl methyl sites for hydroxylation is 1. The van der Waals surface area contributed by atoms with E-state index in [1.165, 1.54) is 16.5 Å². The Hall–Kier alpha value is -3.92. The van der Waals surface area contributed by atoms with Crippen molar-refractivity contribution in [2.75, 3.05) is 50.1 Å². The summed E-state index contributed by atoms with van der Waals surface area (Å²) in [6, 6.07) is 14.3. The summed E-state index contributed by atoms with van der Waals surface area (Å²) < 4.78 is 6.72. The lowest BCUT2D eigenvalue weighted by Crippen LogP contribution is -2.37. The molecule has 0 saturated carbocycles. The molecule has 10 nitrogen and oxygen atoms in total. The van der Waals surface area contributed by atoms with Crippen molar-refractivity contribution in [2.45, 2.75) is 13.0 Å². The average molecular weight is 466 g/mol. The molecule has 0 atom stereocenters. The fourth-order valence-corrected chi connectivity index (χ4v) is 3.94. The van der Waals surface area contributed by atoms with Crippen molar-refractivity contribution in [2.24, 2.45) is 0 Å². The molecule has 2 N–H and O–H groups in total. The van der Waals surface area contributed by atoms with Gasteiger partial charge in [0.1, 0.15) is 0 Å². The van der Waals surface area contributed by atoms with Gasteiger partial charge in [-0.3, -0.25) is 23.9 Å². The van der Waals surface area contributed by atoms with Crippen LogP contribution in [0.5, 0.6) is 0 Å². The molecule has 2 heterocycles. The number of hydrogen-bond acceptors (Lipinski definition) is 6. The van der Waals surface area contributed by atoms with Gasteiger partial charge in [0.2, 0.25) is 11.8 Å². The van der Waals surface area contributed by atoms with Crippen molar-refractivity contribution in [3.05, 3.63) is 69.4 Å². The number of fused-ring (bicyclic) bond motifs is 1. The first-order valence-electron chi connectivity index (χ1n) is 11.1. The lowest BCUT2D eigenvalue weighted by atomic mass is 10.2. The minimum atomic E-state index is -0.572. The first-order valence-corrected chi connectivity index (χ1v) is 11.1. The van der Waals surface area contributed by atoms with Gasteiger partial charge in [0.25, 0.3) is 5.56 Å². The summed E-state index contributed by atoms with van der Waals surface area (Å²) in [6.45, 7) is 3.03. The number of ether oxygens (including phenoxy) is 1. The minimum Gasteiger partial charge on any atom is -0.378 e. The largest absolute Gasteiger partial charge is 0.378 e. The summed E-state index contributed by atoms with van der Waals surface area (Å²) in [7, 11) is 1.54. The van der Waals surface area contributed by atoms with Gasteiger partial charge < -0.3 is 19.9 Å². The van der Waals surface area contributed by atoms with Gasteiger partial charge >= 0.3 is 5.69 Å². The number of rotatable bonds is 7. The Kier molecular flexibility index (Phi) is 7.07. The zero-order valence-electron chi connectivity index (χ0n) is 19.0. The lowest BCUT2D eigenvalue weighted by Gasteiger charge is -2.28. The van der Waals surface area contributed by atoms with Crippen LogP contribution in [-0.2, 0) is 20.9 Å². The fourth-order valence-electron chi connectivity index (χ4n) is 3.94. The number of benzene rings is 2. The highest BCUT2D eigenvalue weighted by Crippen LogP contribution is 2.19. The number of nitrogens with zero attached hydrogens (tertiary/aromatic N) is 3. The molecule has 178 valence electrons. The number of nitrogens with one attached hydrogen (secondary N) is 2. The number of anilines is 2. The normalized spacial score (nSPS) is 13.6. The molecule has 1 saturated heterocycles. The molecule has 0 radical (unpaired) electrons. The van der Waals surface area contributed by atoms with Crippen LogP contribution in [0.1, 0.15) is 6.42 Å². The van der Waals surface area contributed by atoms with Crippen molar-refractivity contribution < 1.29 is 14.3 Å². The lowest BCUT2D eigenvalue weighted by molar-refractivity contribution is -0.133. The predicted octanol–water partition coefficient (Wildman–Crippen LogP) is 1.01. The number of hydrogen-bond donors (Lipinski definition) is 2. The highest BCUT2D eigenvalue weighted by Gasteiger charge is 2.16. The zero-order chi connectivity index (χ0) is 24.1. The first kappa shape index (κ1) is 23.2. The molecular weight excluding hydrogens is 438 g/mol. The molecule has 34 heavy (non-hydrogen) atoms. The summed E-state index contributed by atoms with van der Waals surface area (Å²) in [5.41, 5.74) is 1.14. The molecule has 2 amide bonds. The molecular formula is C24H27N5O5. The molecule has 3 aromatic rings. The van der Waals surface area contributed by atoms with Gasteiger partial charge in [-0.2, -0.15) is 0 Å². The Morgan fingerprint density at radius 2 is 1.76 bits per heavy atom. The van der Waals surface area contributed by atoms with Gasteiger partial charge in [0.05, 0.1) is 30.7 Å². The Morgan fingerprint density at radius 3 is 2.50 bits per heavy atom. The standard InChI is InChI=1S/C24H27N5O5/c1-27(16-21(30)25-17-6-8-18(9-7-17)28-12-14-34-15-13-28)22(31)10-11-29-20-5-3-2-4-19(20)23(32)26-24(29)33/h2-9H,10-16H2,1H3,(H,25,30)(H,26,32,33). The Balaban J connectivity index is 1.31. The zero-order valence-corrected chi connectivity index (χ0v) is 19.0. The van der Waals surface area contributed by atoms with E-state index in [4.69, 9.17) is 4.74 Å². The first-order chi connectivity index (χ1) is 16.4. The van der Waals surface area contributed by atoms with Gasteiger partial charge in [-0.05, 0) is 36.4 Å². The number of morpholine rings is 1. The molecule has 1 aromatic heterocycles. The van der Waals surface area contributed by atoms with E-state index in [-0.39, 0.29) is 31.3 Å². The van der Waals surface area contributed by atoms with E-state index in [0.29, 0.717) is 29.8 Å². The second kappa shape index (κ2) is 10.3. The van der Waals surface area contributed by atoms with Crippen LogP contribution in [0.2, 0.25) is 0 Å². The number of amides is 2. The molecule has 0 unspecified atom stereocenters. The SMILES string of the molecule is CN(CC(=O)Nc1ccc(N2CCOCC2)cc1)C(=O)CCn1c(=O)[nH]c(=O)c2ccccc21. The molecule has 0 aliphatic carbocycles. The van der Waals surface area contributed by atoms with Crippen molar-refractivity contribution >= 4 is 34.1 Å². The number of aromatic nitrogens is 2. The van der Waals surface area contributed by atoms with Crippen LogP contribution >= 0.6 is 0 Å². The van der Waals surface area contributed by atoms with E-state index in [2.05, 4.69) is 15.2 Å². The number of aromatic amines is 1. The maximum absolute atomic E-state index is 12.6. The highest BCUT2D eigenvalue weighted by atomic mass is 16.5. The van der Waals surface area contributed by atoms with Gasteiger partial charge in [-0.1, -0.05) is 12.1 Å². The topological polar surface area (TPSA) is 117 Å². The van der Waals surface area contributed by atoms with Gasteiger partial charge in [-0.15, -0.1) is 0 Å². The molecule has 1 aliphatic rings. The van der Waals surface area contributed by atoms with Crippen LogP contribution in [0.3, 0.4) is 0 Å². The number of para-hydroxylation sites is 1. The highest BCUT2D eigenvalue weighted by molar-refractivity contribution is 5.94. The molecule has 1 aliphatic heterocycles. The second-order valence-corrected chi connectivity index (χ2v) is 8.12. The number of carbonyl (C=O) groups is 2. The maximum Gasteiger partial charge on any atom is 0.328 e. The molecule has 1 fully saturated rings. The van der Waals surface area contributed by atoms with Gasteiger partial charge in [0, 0.05) is 44.5 Å². The van der Waals surface area contributed by atoms with Crippen molar-refractivity contribution in [1.29, 1.82) is 0 Å². The van der Waals surface area contributed by atoms with Crippen molar-refractivity contribution in [1.82, 2.24) is 14.5 Å². The van der Waals surface area contributed by atoms with Crippen LogP contribution in [0.25, 0.3) is 10.9 Å². The summed E-state index contributed by atoms with van der Waals surface area (Å²) in [5, 5.41) is 3.18. The van der Waals surface area contributed by atoms with Crippen molar-refractivity contribution in [3.8, 4) is 0 Å². The van der Waals surface area contributed by atoms with E-state index in [1.54, 1.807) is 24.3 Å². The Labute approximate surface area is 195 Å². The second-order valence-electron chi connectivity index (χ2n) is 8.12. The van der Waals surface area contributed by atoms with Crippen LogP contribution in [0, 0.1) is 0 Å². The van der Waals surface area contributed by atoms with Gasteiger partial charge in [0.15, 0.2) is 0 Å². The van der Waals surface area contributed by atoms with E-state index in [1.807, 2.05) is 24.3 Å². The monoisotopic (exact) mass is 465 g/mol. The third-order valence-electron chi connectivity index (χ3n) is 5.79. The summed E-state index contributed by atoms with van der Waals surface area (Å²) in [6.07, 6.45) is 0.00791. The van der Waals surface area contributed by atoms with Crippen molar-refractivity contribution in [3.63, 3.8) is 0 Å². The van der Waals surface area contributed by atoms with Crippen LogP contribution in [-0.4, -0.2) is 66.2 Å². The number of carbonyl (C=O) groups excluding carboxylic acids is 2. The van der Waals surface area contributed by atoms with Crippen LogP contribution in [0.15, 0.2) is 58.1 Å². The number of likely N-dealkylation sites (N-methyl/N-ethyl adjacent to an activating group) is 1. The summed E-state index contributed by atoms with van der Waals surface area (Å²) in [4.78, 5) is 55.0. The third-order valence-corrected chi connectivity index (χ3v) is 5.79. The Bertz CT molecular complexity index is 1290. The minimum absolute atomic E-state index is 0.00791. The maximum atomic E-state index is 12.6. The quantitative estimate of drug-likeness (QED) is 0.538. The van der Waals surface area contributed by atoms with E-state index >= 15 is 0 Å². The molecule has 0 spiro atoms. The average Bonchev–Trinajstić information content (AvgIpc) is 2.84. The predicted molar refractivity (Wildman–Crippen MR) is 129 cm³/mol. The summed E-state index contributed by atoms with van der Waals surface area (Å²) >= 11 is 0. The van der Waals surface area contributed by atoms with E-state index in [9.17, 15) is 19.2 Å². The van der Waals surface area contributed by atoms with Crippen LogP contribution < -0.4 is 21.5 Å². The Morgan fingerprint density at radius 1 is 1.06 bits per heavy atom. The van der Waals surface area contributed by atoms with Crippen LogP contribution in [0.4, 0.5) is 11.4 Å². The van der Waals surface area contributed by atoms with E-state index < -0.39 is 11.2 Å². The summed E-state index contributed by atoms with van der Waals surface area (Å²) in [5.74, 6) is -0.610.